The van der Waals surface area contributed by atoms with E-state index in [-0.39, 0.29) is 11.7 Å². The Morgan fingerprint density at radius 2 is 1.89 bits per heavy atom. The van der Waals surface area contributed by atoms with E-state index in [4.69, 9.17) is 0 Å². The molecule has 4 nitrogen and oxygen atoms in total. The summed E-state index contributed by atoms with van der Waals surface area (Å²) in [5.74, 6) is -0.202. The van der Waals surface area contributed by atoms with Crippen molar-refractivity contribution in [1.82, 2.24) is 10.2 Å². The molecule has 1 aromatic carbocycles. The zero-order valence-electron chi connectivity index (χ0n) is 14.7. The number of halogens is 3. The molecule has 1 aromatic heterocycles. The van der Waals surface area contributed by atoms with Crippen LogP contribution < -0.4 is 10.1 Å². The predicted molar refractivity (Wildman–Crippen MR) is 97.8 cm³/mol. The molecule has 1 aliphatic heterocycles. The number of hydrogen-bond donors (Lipinski definition) is 1. The number of nitrogens with one attached hydrogen (secondary N) is 1. The smallest absolute Gasteiger partial charge is 0.406 e. The lowest BCUT2D eigenvalue weighted by molar-refractivity contribution is -0.274. The fraction of sp³-hybridized carbons (Fsp3) is 0.421. The van der Waals surface area contributed by atoms with Gasteiger partial charge in [0, 0.05) is 18.7 Å². The van der Waals surface area contributed by atoms with Gasteiger partial charge in [0.25, 0.3) is 5.91 Å². The summed E-state index contributed by atoms with van der Waals surface area (Å²) in [7, 11) is 0. The summed E-state index contributed by atoms with van der Waals surface area (Å²) in [6.45, 7) is 3.54. The van der Waals surface area contributed by atoms with Crippen molar-refractivity contribution in [3.8, 4) is 5.75 Å². The number of piperidine rings is 1. The summed E-state index contributed by atoms with van der Waals surface area (Å²) < 4.78 is 40.3. The van der Waals surface area contributed by atoms with E-state index >= 15 is 0 Å². The van der Waals surface area contributed by atoms with Gasteiger partial charge in [0.05, 0.1) is 0 Å². The Labute approximate surface area is 159 Å². The molecule has 0 spiro atoms. The largest absolute Gasteiger partial charge is 0.573 e. The molecule has 0 bridgehead atoms. The molecule has 2 aromatic rings. The van der Waals surface area contributed by atoms with E-state index in [1.54, 1.807) is 11.3 Å². The Balaban J connectivity index is 1.40. The van der Waals surface area contributed by atoms with E-state index in [0.29, 0.717) is 18.0 Å². The highest BCUT2D eigenvalue weighted by molar-refractivity contribution is 7.07. The van der Waals surface area contributed by atoms with Crippen molar-refractivity contribution in [3.05, 3.63) is 52.2 Å². The quantitative estimate of drug-likeness (QED) is 0.789. The second kappa shape index (κ2) is 8.75. The van der Waals surface area contributed by atoms with Crippen molar-refractivity contribution in [1.29, 1.82) is 0 Å². The molecule has 2 heterocycles. The van der Waals surface area contributed by atoms with Crippen LogP contribution in [0.5, 0.6) is 5.75 Å². The molecule has 1 N–H and O–H groups in total. The summed E-state index contributed by atoms with van der Waals surface area (Å²) in [5, 5.41) is 7.12. The van der Waals surface area contributed by atoms with Crippen LogP contribution in [0.25, 0.3) is 0 Å². The molecule has 0 atom stereocenters. The monoisotopic (exact) mass is 398 g/mol. The molecule has 1 amide bonds. The molecule has 0 radical (unpaired) electrons. The molecule has 8 heteroatoms. The average Bonchev–Trinajstić information content (AvgIpc) is 3.13. The van der Waals surface area contributed by atoms with Gasteiger partial charge >= 0.3 is 6.36 Å². The minimum absolute atomic E-state index is 0.283. The van der Waals surface area contributed by atoms with Crippen LogP contribution >= 0.6 is 11.3 Å². The number of likely N-dealkylation sites (tertiary alicyclic amines) is 1. The molecular weight excluding hydrogens is 377 g/mol. The molecule has 0 aliphatic carbocycles. The number of carbonyl (C=O) groups is 1. The van der Waals surface area contributed by atoms with Crippen molar-refractivity contribution in [2.45, 2.75) is 25.7 Å². The molecule has 27 heavy (non-hydrogen) atoms. The van der Waals surface area contributed by atoms with Crippen LogP contribution in [0, 0.1) is 5.92 Å². The molecule has 0 saturated carbocycles. The Morgan fingerprint density at radius 3 is 2.48 bits per heavy atom. The van der Waals surface area contributed by atoms with Crippen LogP contribution in [-0.2, 0) is 6.54 Å². The van der Waals surface area contributed by atoms with Gasteiger partial charge in [-0.1, -0.05) is 0 Å². The van der Waals surface area contributed by atoms with Crippen LogP contribution in [0.2, 0.25) is 0 Å². The maximum Gasteiger partial charge on any atom is 0.573 e. The number of benzene rings is 1. The van der Waals surface area contributed by atoms with Gasteiger partial charge in [0.2, 0.25) is 0 Å². The van der Waals surface area contributed by atoms with E-state index in [1.807, 2.05) is 0 Å². The maximum atomic E-state index is 12.2. The zero-order chi connectivity index (χ0) is 19.3. The molecular formula is C19H21F3N2O2S. The number of carbonyl (C=O) groups excluding carboxylic acids is 1. The Hall–Kier alpha value is -2.06. The average molecular weight is 398 g/mol. The van der Waals surface area contributed by atoms with Gasteiger partial charge in [-0.2, -0.15) is 11.3 Å². The first-order valence-corrected chi connectivity index (χ1v) is 9.71. The summed E-state index contributed by atoms with van der Waals surface area (Å²) >= 11 is 1.70. The topological polar surface area (TPSA) is 41.6 Å². The molecule has 1 fully saturated rings. The van der Waals surface area contributed by atoms with Crippen LogP contribution in [0.1, 0.15) is 28.8 Å². The van der Waals surface area contributed by atoms with Gasteiger partial charge in [-0.05, 0) is 78.5 Å². The first-order chi connectivity index (χ1) is 12.9. The Morgan fingerprint density at radius 1 is 1.19 bits per heavy atom. The number of thiophene rings is 1. The fourth-order valence-corrected chi connectivity index (χ4v) is 3.80. The Bertz CT molecular complexity index is 724. The minimum atomic E-state index is -4.73. The summed E-state index contributed by atoms with van der Waals surface area (Å²) in [6.07, 6.45) is -2.70. The lowest BCUT2D eigenvalue weighted by Gasteiger charge is -2.31. The second-order valence-corrected chi connectivity index (χ2v) is 7.41. The van der Waals surface area contributed by atoms with Gasteiger partial charge in [0.1, 0.15) is 5.75 Å². The minimum Gasteiger partial charge on any atom is -0.406 e. The normalized spacial score (nSPS) is 16.3. The number of hydrogen-bond acceptors (Lipinski definition) is 4. The van der Waals surface area contributed by atoms with Crippen LogP contribution in [-0.4, -0.2) is 36.8 Å². The molecule has 146 valence electrons. The molecule has 1 saturated heterocycles. The van der Waals surface area contributed by atoms with Crippen LogP contribution in [0.4, 0.5) is 13.2 Å². The number of alkyl halides is 3. The number of ether oxygens (including phenoxy) is 1. The fourth-order valence-electron chi connectivity index (χ4n) is 3.14. The maximum absolute atomic E-state index is 12.2. The standard InChI is InChI=1S/C19H21F3N2O2S/c20-19(21,22)26-17-3-1-16(2-4-17)18(25)23-11-14-5-8-24(9-6-14)12-15-7-10-27-13-15/h1-4,7,10,13-14H,5-6,8-9,11-12H2,(H,23,25). The van der Waals surface area contributed by atoms with Crippen molar-refractivity contribution in [2.24, 2.45) is 5.92 Å². The third-order valence-electron chi connectivity index (χ3n) is 4.59. The molecule has 3 rings (SSSR count). The van der Waals surface area contributed by atoms with Crippen LogP contribution in [0.15, 0.2) is 41.1 Å². The highest BCUT2D eigenvalue weighted by atomic mass is 32.1. The van der Waals surface area contributed by atoms with Gasteiger partial charge < -0.3 is 10.1 Å². The van der Waals surface area contributed by atoms with Crippen LogP contribution in [0.3, 0.4) is 0 Å². The SMILES string of the molecule is O=C(NCC1CCN(Cc2ccsc2)CC1)c1ccc(OC(F)(F)F)cc1. The summed E-state index contributed by atoms with van der Waals surface area (Å²) in [6, 6.07) is 7.10. The van der Waals surface area contributed by atoms with Gasteiger partial charge in [-0.15, -0.1) is 13.2 Å². The van der Waals surface area contributed by atoms with Crippen molar-refractivity contribution >= 4 is 17.2 Å². The van der Waals surface area contributed by atoms with E-state index in [1.165, 1.54) is 17.7 Å². The van der Waals surface area contributed by atoms with Gasteiger partial charge in [-0.3, -0.25) is 9.69 Å². The highest BCUT2D eigenvalue weighted by Crippen LogP contribution is 2.23. The van der Waals surface area contributed by atoms with Crippen molar-refractivity contribution in [3.63, 3.8) is 0 Å². The third-order valence-corrected chi connectivity index (χ3v) is 5.33. The Kier molecular flexibility index (Phi) is 6.38. The predicted octanol–water partition coefficient (Wildman–Crippen LogP) is 4.29. The summed E-state index contributed by atoms with van der Waals surface area (Å²) in [5.41, 5.74) is 1.66. The zero-order valence-corrected chi connectivity index (χ0v) is 15.5. The second-order valence-electron chi connectivity index (χ2n) is 6.63. The number of rotatable bonds is 6. The van der Waals surface area contributed by atoms with Gasteiger partial charge in [0.15, 0.2) is 0 Å². The first kappa shape index (κ1) is 19.7. The third kappa shape index (κ3) is 6.25. The highest BCUT2D eigenvalue weighted by Gasteiger charge is 2.31. The summed E-state index contributed by atoms with van der Waals surface area (Å²) in [4.78, 5) is 14.6. The van der Waals surface area contributed by atoms with E-state index in [0.717, 1.165) is 44.6 Å². The molecule has 0 unspecified atom stereocenters. The lowest BCUT2D eigenvalue weighted by Crippen LogP contribution is -2.38. The van der Waals surface area contributed by atoms with Crippen molar-refractivity contribution < 1.29 is 22.7 Å². The van der Waals surface area contributed by atoms with E-state index in [9.17, 15) is 18.0 Å². The number of nitrogens with zero attached hydrogens (tertiary/aromatic N) is 1. The first-order valence-electron chi connectivity index (χ1n) is 8.76. The number of amides is 1. The lowest BCUT2D eigenvalue weighted by atomic mass is 9.96. The molecule has 1 aliphatic rings. The van der Waals surface area contributed by atoms with Crippen molar-refractivity contribution in [2.75, 3.05) is 19.6 Å². The van der Waals surface area contributed by atoms with Gasteiger partial charge in [-0.25, -0.2) is 0 Å². The van der Waals surface area contributed by atoms with E-state index < -0.39 is 6.36 Å². The van der Waals surface area contributed by atoms with E-state index in [2.05, 4.69) is 31.8 Å².